The van der Waals surface area contributed by atoms with Gasteiger partial charge in [-0.05, 0) is 74.2 Å². The molecule has 1 heterocycles. The topological polar surface area (TPSA) is 22.8 Å². The van der Waals surface area contributed by atoms with Gasteiger partial charge in [0.05, 0.1) is 13.7 Å². The lowest BCUT2D eigenvalue weighted by atomic mass is 9.76. The summed E-state index contributed by atoms with van der Waals surface area (Å²) >= 11 is 0. The summed E-state index contributed by atoms with van der Waals surface area (Å²) in [5, 5.41) is 2.25. The molecule has 9 rings (SSSR count). The first-order chi connectivity index (χ1) is 23.2. The molecule has 0 radical (unpaired) electrons. The highest BCUT2D eigenvalue weighted by molar-refractivity contribution is 6.08. The van der Waals surface area contributed by atoms with E-state index in [-0.39, 0.29) is 10.8 Å². The van der Waals surface area contributed by atoms with Crippen molar-refractivity contribution in [1.82, 2.24) is 0 Å². The molecular weight excluding hydrogens is 587 g/mol. The van der Waals surface area contributed by atoms with Crippen molar-refractivity contribution >= 4 is 22.5 Å². The van der Waals surface area contributed by atoms with Gasteiger partial charge in [0.2, 0.25) is 0 Å². The van der Waals surface area contributed by atoms with Crippen LogP contribution < -0.4 is 9.47 Å². The normalized spacial score (nSPS) is 18.6. The smallest absolute Gasteiger partial charge is 0.187 e. The van der Waals surface area contributed by atoms with E-state index in [0.29, 0.717) is 5.69 Å². The van der Waals surface area contributed by atoms with Crippen LogP contribution in [0.2, 0.25) is 0 Å². The maximum atomic E-state index is 7.71. The fourth-order valence-corrected chi connectivity index (χ4v) is 8.74. The van der Waals surface area contributed by atoms with Crippen LogP contribution in [-0.4, -0.2) is 7.11 Å². The highest BCUT2D eigenvalue weighted by atomic mass is 16.5. The average Bonchev–Trinajstić information content (AvgIpc) is 3.50. The predicted molar refractivity (Wildman–Crippen MR) is 195 cm³/mol. The lowest BCUT2D eigenvalue weighted by Crippen LogP contribution is -2.35. The first kappa shape index (κ1) is 28.6. The molecule has 1 atom stereocenters. The lowest BCUT2D eigenvalue weighted by Gasteiger charge is -2.39. The van der Waals surface area contributed by atoms with Gasteiger partial charge in [-0.2, -0.15) is 0 Å². The Balaban J connectivity index is 1.31. The number of nitrogens with zero attached hydrogens (tertiary/aromatic N) is 1. The summed E-state index contributed by atoms with van der Waals surface area (Å²) < 4.78 is 13.1. The second-order valence-electron chi connectivity index (χ2n) is 14.3. The van der Waals surface area contributed by atoms with E-state index in [1.807, 2.05) is 18.2 Å². The lowest BCUT2D eigenvalue weighted by molar-refractivity contribution is 0.163. The Bertz CT molecular complexity index is 2420. The first-order valence-corrected chi connectivity index (χ1v) is 16.6. The summed E-state index contributed by atoms with van der Waals surface area (Å²) in [6, 6.07) is 38.7. The number of hydrogen-bond donors (Lipinski definition) is 0. The van der Waals surface area contributed by atoms with Crippen LogP contribution in [0.15, 0.2) is 115 Å². The third-order valence-electron chi connectivity index (χ3n) is 11.2. The van der Waals surface area contributed by atoms with Gasteiger partial charge < -0.3 is 9.47 Å². The van der Waals surface area contributed by atoms with Gasteiger partial charge in [0.1, 0.15) is 11.5 Å². The molecule has 0 saturated heterocycles. The fourth-order valence-electron chi connectivity index (χ4n) is 8.74. The van der Waals surface area contributed by atoms with E-state index in [4.69, 9.17) is 16.0 Å². The number of methoxy groups -OCH3 is 1. The van der Waals surface area contributed by atoms with Crippen molar-refractivity contribution in [3.05, 3.63) is 166 Å². The molecule has 3 aliphatic rings. The Morgan fingerprint density at radius 1 is 0.646 bits per heavy atom. The van der Waals surface area contributed by atoms with Gasteiger partial charge >= 0.3 is 0 Å². The number of ether oxygens (including phenoxy) is 2. The van der Waals surface area contributed by atoms with Crippen LogP contribution in [0, 0.1) is 6.57 Å². The molecule has 0 fully saturated rings. The summed E-state index contributed by atoms with van der Waals surface area (Å²) in [5.41, 5.74) is 12.7. The number of hydrogen-bond acceptors (Lipinski definition) is 2. The molecule has 6 aromatic rings. The maximum Gasteiger partial charge on any atom is 0.187 e. The molecule has 2 aliphatic carbocycles. The zero-order valence-electron chi connectivity index (χ0n) is 27.8. The van der Waals surface area contributed by atoms with Crippen LogP contribution in [0.1, 0.15) is 66.6 Å². The Hall–Kier alpha value is -5.59. The molecule has 0 spiro atoms. The molecule has 0 N–H and O–H groups in total. The molecule has 1 aliphatic heterocycles. The third-order valence-corrected chi connectivity index (χ3v) is 11.2. The van der Waals surface area contributed by atoms with Gasteiger partial charge in [0, 0.05) is 32.9 Å². The minimum absolute atomic E-state index is 0.146. The van der Waals surface area contributed by atoms with Crippen molar-refractivity contribution in [1.29, 1.82) is 0 Å². The van der Waals surface area contributed by atoms with Crippen LogP contribution in [0.4, 0.5) is 5.69 Å². The highest BCUT2D eigenvalue weighted by Crippen LogP contribution is 2.59. The van der Waals surface area contributed by atoms with Crippen LogP contribution in [0.3, 0.4) is 0 Å². The molecule has 3 heteroatoms. The molecule has 1 unspecified atom stereocenters. The molecule has 0 saturated carbocycles. The minimum atomic E-state index is -0.886. The summed E-state index contributed by atoms with van der Waals surface area (Å²) in [6.45, 7) is 16.9. The van der Waals surface area contributed by atoms with Crippen LogP contribution in [-0.2, 0) is 16.4 Å². The summed E-state index contributed by atoms with van der Waals surface area (Å²) in [6.07, 6.45) is 4.55. The third kappa shape index (κ3) is 3.63. The van der Waals surface area contributed by atoms with Crippen molar-refractivity contribution in [2.75, 3.05) is 7.11 Å². The second kappa shape index (κ2) is 9.72. The number of fused-ring (bicyclic) bond motifs is 11. The van der Waals surface area contributed by atoms with Crippen LogP contribution in [0.25, 0.3) is 43.9 Å². The second-order valence-corrected chi connectivity index (χ2v) is 14.3. The zero-order chi connectivity index (χ0) is 33.0. The predicted octanol–water partition coefficient (Wildman–Crippen LogP) is 11.4. The first-order valence-electron chi connectivity index (χ1n) is 16.6. The Morgan fingerprint density at radius 3 is 2.08 bits per heavy atom. The van der Waals surface area contributed by atoms with Gasteiger partial charge in [0.15, 0.2) is 11.3 Å². The maximum absolute atomic E-state index is 7.71. The van der Waals surface area contributed by atoms with Gasteiger partial charge in [-0.1, -0.05) is 125 Å². The van der Waals surface area contributed by atoms with E-state index < -0.39 is 5.60 Å². The van der Waals surface area contributed by atoms with Gasteiger partial charge in [-0.3, -0.25) is 0 Å². The van der Waals surface area contributed by atoms with Gasteiger partial charge in [-0.25, -0.2) is 4.85 Å². The zero-order valence-corrected chi connectivity index (χ0v) is 27.8. The van der Waals surface area contributed by atoms with E-state index >= 15 is 0 Å². The molecule has 3 nitrogen and oxygen atoms in total. The molecule has 6 aromatic carbocycles. The largest absolute Gasteiger partial charge is 0.497 e. The molecular formula is C45H35NO2. The molecule has 232 valence electrons. The van der Waals surface area contributed by atoms with E-state index in [2.05, 4.69) is 136 Å². The Kier molecular flexibility index (Phi) is 5.79. The van der Waals surface area contributed by atoms with E-state index in [1.54, 1.807) is 7.11 Å². The van der Waals surface area contributed by atoms with Crippen molar-refractivity contribution < 1.29 is 9.47 Å². The molecule has 0 amide bonds. The van der Waals surface area contributed by atoms with Gasteiger partial charge in [-0.15, -0.1) is 0 Å². The molecule has 0 aromatic heterocycles. The summed E-state index contributed by atoms with van der Waals surface area (Å²) in [4.78, 5) is 3.78. The summed E-state index contributed by atoms with van der Waals surface area (Å²) in [7, 11) is 1.70. The van der Waals surface area contributed by atoms with Gasteiger partial charge in [0.25, 0.3) is 0 Å². The monoisotopic (exact) mass is 621 g/mol. The standard InChI is InChI=1S/C45H35NO2/c1-43(2)37-14-10-9-11-31(37)32-21-17-28(25-38(32)43)45(27-15-19-30(47-6)20-16-27)24-23-36-41-40(33-12-7-8-13-34(33)42(36)48-45)35-22-18-29(46-5)26-39(35)44(41,3)4/h7-26H,1-4,6H3. The molecule has 48 heavy (non-hydrogen) atoms. The van der Waals surface area contributed by atoms with Crippen LogP contribution >= 0.6 is 0 Å². The van der Waals surface area contributed by atoms with Crippen molar-refractivity contribution in [2.24, 2.45) is 0 Å². The Labute approximate surface area is 281 Å². The minimum Gasteiger partial charge on any atom is -0.497 e. The van der Waals surface area contributed by atoms with E-state index in [0.717, 1.165) is 39.0 Å². The van der Waals surface area contributed by atoms with Crippen LogP contribution in [0.5, 0.6) is 11.5 Å². The highest BCUT2D eigenvalue weighted by Gasteiger charge is 2.45. The SMILES string of the molecule is [C-]#[N+]c1ccc2c(c1)C(C)(C)c1c3c(c4ccccc4c1-2)OC(c1ccc(OC)cc1)(c1ccc2c(c1)C(C)(C)c1ccccc1-2)C=C3. The average molecular weight is 622 g/mol. The quantitative estimate of drug-likeness (QED) is 0.184. The van der Waals surface area contributed by atoms with E-state index in [9.17, 15) is 0 Å². The van der Waals surface area contributed by atoms with Crippen molar-refractivity contribution in [3.63, 3.8) is 0 Å². The van der Waals surface area contributed by atoms with E-state index in [1.165, 1.54) is 44.5 Å². The van der Waals surface area contributed by atoms with Crippen molar-refractivity contribution in [2.45, 2.75) is 44.1 Å². The number of rotatable bonds is 3. The number of benzene rings is 6. The Morgan fingerprint density at radius 2 is 1.31 bits per heavy atom. The fraction of sp³-hybridized carbons (Fsp3) is 0.178. The van der Waals surface area contributed by atoms with Crippen molar-refractivity contribution in [3.8, 4) is 33.8 Å². The summed E-state index contributed by atoms with van der Waals surface area (Å²) in [5.74, 6) is 1.69. The molecule has 0 bridgehead atoms.